The second-order valence-electron chi connectivity index (χ2n) is 4.96. The number of likely N-dealkylation sites (N-methyl/N-ethyl adjacent to an activating group) is 1. The van der Waals surface area contributed by atoms with Crippen LogP contribution in [0.2, 0.25) is 0 Å². The topological polar surface area (TPSA) is 49.6 Å². The van der Waals surface area contributed by atoms with Crippen LogP contribution in [0, 0.1) is 10.1 Å². The third kappa shape index (κ3) is 3.33. The van der Waals surface area contributed by atoms with E-state index in [1.54, 1.807) is 23.9 Å². The van der Waals surface area contributed by atoms with E-state index in [0.717, 1.165) is 29.4 Å². The number of rotatable bonds is 3. The minimum absolute atomic E-state index is 0. The van der Waals surface area contributed by atoms with Gasteiger partial charge in [-0.2, -0.15) is 0 Å². The first-order chi connectivity index (χ1) is 10.1. The summed E-state index contributed by atoms with van der Waals surface area (Å²) in [6.45, 7) is 4.30. The second kappa shape index (κ2) is 7.31. The van der Waals surface area contributed by atoms with E-state index in [1.807, 2.05) is 24.9 Å². The molecule has 22 heavy (non-hydrogen) atoms. The van der Waals surface area contributed by atoms with Crippen LogP contribution < -0.4 is 4.90 Å². The van der Waals surface area contributed by atoms with Gasteiger partial charge in [-0.3, -0.25) is 10.1 Å². The smallest absolute Gasteiger partial charge is 0.270 e. The lowest BCUT2D eigenvalue weighted by molar-refractivity contribution is -0.385. The first kappa shape index (κ1) is 17.7. The third-order valence-electron chi connectivity index (χ3n) is 3.75. The lowest BCUT2D eigenvalue weighted by Gasteiger charge is -2.22. The van der Waals surface area contributed by atoms with Crippen molar-refractivity contribution >= 4 is 58.9 Å². The summed E-state index contributed by atoms with van der Waals surface area (Å²) in [5, 5.41) is 12.4. The molecular formula is C14H18IN3O2S2. The fraction of sp³-hybridized carbons (Fsp3) is 0.429. The average molecular weight is 451 g/mol. The maximum Gasteiger partial charge on any atom is 0.270 e. The van der Waals surface area contributed by atoms with Crippen LogP contribution in [-0.2, 0) is 0 Å². The summed E-state index contributed by atoms with van der Waals surface area (Å²) in [7, 11) is 2.04. The molecule has 0 saturated carbocycles. The van der Waals surface area contributed by atoms with Crippen molar-refractivity contribution in [3.63, 3.8) is 0 Å². The van der Waals surface area contributed by atoms with Crippen LogP contribution in [0.5, 0.6) is 0 Å². The molecule has 8 heteroatoms. The van der Waals surface area contributed by atoms with Crippen LogP contribution >= 0.6 is 47.5 Å². The molecule has 5 nitrogen and oxygen atoms in total. The molecule has 1 unspecified atom stereocenters. The highest BCUT2D eigenvalue weighted by molar-refractivity contribution is 14.0. The number of fused-ring (bicyclic) bond motifs is 1. The van der Waals surface area contributed by atoms with Gasteiger partial charge in [-0.25, -0.2) is 0 Å². The SMILES string of the molecule is CCN1CCS/C1=C\C1Sc2cc([N+](=O)[O-])ccc2N1C.I. The van der Waals surface area contributed by atoms with Gasteiger partial charge in [0.2, 0.25) is 0 Å². The van der Waals surface area contributed by atoms with Gasteiger partial charge in [-0.05, 0) is 19.1 Å². The van der Waals surface area contributed by atoms with Crippen LogP contribution in [0.25, 0.3) is 0 Å². The molecule has 0 radical (unpaired) electrons. The fourth-order valence-corrected chi connectivity index (χ4v) is 5.03. The molecule has 0 aromatic heterocycles. The maximum absolute atomic E-state index is 10.9. The van der Waals surface area contributed by atoms with Gasteiger partial charge in [-0.1, -0.05) is 11.8 Å². The molecule has 0 N–H and O–H groups in total. The minimum Gasteiger partial charge on any atom is -0.366 e. The molecule has 1 atom stereocenters. The van der Waals surface area contributed by atoms with E-state index < -0.39 is 0 Å². The van der Waals surface area contributed by atoms with E-state index in [4.69, 9.17) is 0 Å². The number of halogens is 1. The lowest BCUT2D eigenvalue weighted by Crippen LogP contribution is -2.24. The number of nitro groups is 1. The molecule has 3 rings (SSSR count). The molecule has 0 amide bonds. The van der Waals surface area contributed by atoms with E-state index in [2.05, 4.69) is 22.8 Å². The van der Waals surface area contributed by atoms with Gasteiger partial charge < -0.3 is 9.80 Å². The standard InChI is InChI=1S/C14H17N3O2S2.HI/c1-3-16-6-7-20-14(16)9-13-15(2)11-5-4-10(17(18)19)8-12(11)21-13;/h4-5,8-9,13H,3,6-7H2,1-2H3;1H/b14-9-;. The number of nitro benzene ring substituents is 1. The van der Waals surface area contributed by atoms with Crippen molar-refractivity contribution in [3.8, 4) is 0 Å². The Morgan fingerprint density at radius 2 is 2.27 bits per heavy atom. The summed E-state index contributed by atoms with van der Waals surface area (Å²) in [6, 6.07) is 5.10. The van der Waals surface area contributed by atoms with Crippen molar-refractivity contribution < 1.29 is 4.92 Å². The maximum atomic E-state index is 10.9. The van der Waals surface area contributed by atoms with E-state index in [0.29, 0.717) is 0 Å². The molecule has 1 fully saturated rings. The lowest BCUT2D eigenvalue weighted by atomic mass is 10.2. The highest BCUT2D eigenvalue weighted by Crippen LogP contribution is 2.45. The number of anilines is 1. The predicted octanol–water partition coefficient (Wildman–Crippen LogP) is 3.99. The molecule has 2 aliphatic rings. The van der Waals surface area contributed by atoms with Crippen molar-refractivity contribution in [1.82, 2.24) is 4.90 Å². The van der Waals surface area contributed by atoms with Crippen LogP contribution in [0.1, 0.15) is 6.92 Å². The van der Waals surface area contributed by atoms with Gasteiger partial charge in [0.1, 0.15) is 5.37 Å². The highest BCUT2D eigenvalue weighted by atomic mass is 127. The fourth-order valence-electron chi connectivity index (χ4n) is 2.55. The Hall–Kier alpha value is -0.610. The molecule has 2 aliphatic heterocycles. The number of hydrogen-bond donors (Lipinski definition) is 0. The minimum atomic E-state index is -0.335. The van der Waals surface area contributed by atoms with E-state index >= 15 is 0 Å². The summed E-state index contributed by atoms with van der Waals surface area (Å²) in [6.07, 6.45) is 2.28. The Morgan fingerprint density at radius 3 is 2.95 bits per heavy atom. The van der Waals surface area contributed by atoms with Crippen molar-refractivity contribution in [2.75, 3.05) is 30.8 Å². The first-order valence-corrected chi connectivity index (χ1v) is 8.74. The van der Waals surface area contributed by atoms with E-state index in [-0.39, 0.29) is 40.0 Å². The Balaban J connectivity index is 0.00000176. The Labute approximate surface area is 155 Å². The number of benzene rings is 1. The largest absolute Gasteiger partial charge is 0.366 e. The molecule has 1 aromatic rings. The van der Waals surface area contributed by atoms with Crippen LogP contribution in [0.4, 0.5) is 11.4 Å². The second-order valence-corrected chi connectivity index (χ2v) is 7.24. The van der Waals surface area contributed by atoms with Gasteiger partial charge >= 0.3 is 0 Å². The summed E-state index contributed by atoms with van der Waals surface area (Å²) < 4.78 is 0. The van der Waals surface area contributed by atoms with Crippen molar-refractivity contribution in [3.05, 3.63) is 39.4 Å². The van der Waals surface area contributed by atoms with Crippen molar-refractivity contribution in [2.24, 2.45) is 0 Å². The van der Waals surface area contributed by atoms with Crippen LogP contribution in [-0.4, -0.2) is 41.1 Å². The van der Waals surface area contributed by atoms with E-state index in [9.17, 15) is 10.1 Å². The first-order valence-electron chi connectivity index (χ1n) is 6.87. The molecule has 120 valence electrons. The van der Waals surface area contributed by atoms with Crippen molar-refractivity contribution in [2.45, 2.75) is 17.2 Å². The zero-order chi connectivity index (χ0) is 15.0. The zero-order valence-electron chi connectivity index (χ0n) is 12.4. The zero-order valence-corrected chi connectivity index (χ0v) is 16.4. The Kier molecular flexibility index (Phi) is 5.89. The summed E-state index contributed by atoms with van der Waals surface area (Å²) in [5.41, 5.74) is 1.23. The van der Waals surface area contributed by atoms with Gasteiger partial charge in [0.15, 0.2) is 0 Å². The van der Waals surface area contributed by atoms with Crippen molar-refractivity contribution in [1.29, 1.82) is 0 Å². The molecule has 2 heterocycles. The molecule has 0 bridgehead atoms. The average Bonchev–Trinajstić information content (AvgIpc) is 3.04. The van der Waals surface area contributed by atoms with Crippen LogP contribution in [0.3, 0.4) is 0 Å². The van der Waals surface area contributed by atoms with E-state index in [1.165, 1.54) is 5.03 Å². The molecular weight excluding hydrogens is 433 g/mol. The van der Waals surface area contributed by atoms with Gasteiger partial charge in [0.25, 0.3) is 5.69 Å². The quantitative estimate of drug-likeness (QED) is 0.394. The summed E-state index contributed by atoms with van der Waals surface area (Å²) >= 11 is 3.57. The molecule has 0 aliphatic carbocycles. The normalized spacial score (nSPS) is 21.9. The molecule has 1 saturated heterocycles. The monoisotopic (exact) mass is 451 g/mol. The number of non-ortho nitro benzene ring substituents is 1. The molecule has 0 spiro atoms. The van der Waals surface area contributed by atoms with Gasteiger partial charge in [0, 0.05) is 42.9 Å². The Morgan fingerprint density at radius 1 is 1.50 bits per heavy atom. The number of thioether (sulfide) groups is 2. The third-order valence-corrected chi connectivity index (χ3v) is 6.10. The molecule has 1 aromatic carbocycles. The summed E-state index contributed by atoms with van der Waals surface area (Å²) in [5.74, 6) is 1.14. The number of hydrogen-bond acceptors (Lipinski definition) is 6. The highest BCUT2D eigenvalue weighted by Gasteiger charge is 2.29. The number of nitrogens with zero attached hydrogens (tertiary/aromatic N) is 3. The Bertz CT molecular complexity index is 612. The van der Waals surface area contributed by atoms with Gasteiger partial charge in [-0.15, -0.1) is 35.7 Å². The summed E-state index contributed by atoms with van der Waals surface area (Å²) in [4.78, 5) is 16.1. The van der Waals surface area contributed by atoms with Gasteiger partial charge in [0.05, 0.1) is 15.6 Å². The van der Waals surface area contributed by atoms with Crippen LogP contribution in [0.15, 0.2) is 34.2 Å². The predicted molar refractivity (Wildman–Crippen MR) is 104 cm³/mol.